The molecule has 0 radical (unpaired) electrons. The minimum Gasteiger partial charge on any atom is -0.459 e. The molecule has 0 saturated carbocycles. The molecule has 1 aliphatic rings. The molecule has 0 bridgehead atoms. The standard InChI is InChI=1S/C23H32N4O2.HI/c1-4-23(5-2,19-10-7-6-8-11-19)18-25-22(24-3)27-15-13-26(14-16-27)21(28)20-12-9-17-29-20;/h6-12,17H,4-5,13-16,18H2,1-3H3,(H,24,25);1H. The molecule has 164 valence electrons. The summed E-state index contributed by atoms with van der Waals surface area (Å²) >= 11 is 0. The van der Waals surface area contributed by atoms with Gasteiger partial charge in [0.2, 0.25) is 0 Å². The Morgan fingerprint density at radius 1 is 1.03 bits per heavy atom. The first-order valence-electron chi connectivity index (χ1n) is 10.5. The molecule has 0 spiro atoms. The van der Waals surface area contributed by atoms with Gasteiger partial charge < -0.3 is 19.5 Å². The monoisotopic (exact) mass is 524 g/mol. The largest absolute Gasteiger partial charge is 0.459 e. The first-order chi connectivity index (χ1) is 14.1. The molecule has 7 heteroatoms. The summed E-state index contributed by atoms with van der Waals surface area (Å²) in [6.45, 7) is 8.16. The molecule has 0 unspecified atom stereocenters. The Labute approximate surface area is 196 Å². The number of amides is 1. The van der Waals surface area contributed by atoms with Crippen LogP contribution in [0.2, 0.25) is 0 Å². The van der Waals surface area contributed by atoms with Crippen LogP contribution in [0.25, 0.3) is 0 Å². The Morgan fingerprint density at radius 3 is 2.20 bits per heavy atom. The Hall–Kier alpha value is -2.03. The third kappa shape index (κ3) is 5.36. The Kier molecular flexibility index (Phi) is 9.20. The van der Waals surface area contributed by atoms with E-state index in [-0.39, 0.29) is 35.3 Å². The van der Waals surface area contributed by atoms with Crippen LogP contribution in [0, 0.1) is 0 Å². The Bertz CT molecular complexity index is 796. The predicted octanol–water partition coefficient (Wildman–Crippen LogP) is 3.99. The van der Waals surface area contributed by atoms with Gasteiger partial charge in [-0.25, -0.2) is 0 Å². The van der Waals surface area contributed by atoms with Gasteiger partial charge in [-0.2, -0.15) is 0 Å². The fourth-order valence-electron chi connectivity index (χ4n) is 4.06. The fourth-order valence-corrected chi connectivity index (χ4v) is 4.06. The van der Waals surface area contributed by atoms with Crippen LogP contribution < -0.4 is 5.32 Å². The number of carbonyl (C=O) groups is 1. The van der Waals surface area contributed by atoms with Gasteiger partial charge in [-0.05, 0) is 30.5 Å². The summed E-state index contributed by atoms with van der Waals surface area (Å²) in [7, 11) is 1.82. The van der Waals surface area contributed by atoms with Gasteiger partial charge in [-0.3, -0.25) is 9.79 Å². The van der Waals surface area contributed by atoms with E-state index in [4.69, 9.17) is 4.42 Å². The molecule has 6 nitrogen and oxygen atoms in total. The fraction of sp³-hybridized carbons (Fsp3) is 0.478. The van der Waals surface area contributed by atoms with Crippen molar-refractivity contribution in [3.63, 3.8) is 0 Å². The lowest BCUT2D eigenvalue weighted by molar-refractivity contribution is 0.0657. The molecule has 30 heavy (non-hydrogen) atoms. The molecule has 2 aromatic rings. The van der Waals surface area contributed by atoms with Crippen molar-refractivity contribution in [3.8, 4) is 0 Å². The predicted molar refractivity (Wildman–Crippen MR) is 132 cm³/mol. The summed E-state index contributed by atoms with van der Waals surface area (Å²) in [4.78, 5) is 21.0. The van der Waals surface area contributed by atoms with E-state index in [9.17, 15) is 4.79 Å². The lowest BCUT2D eigenvalue weighted by atomic mass is 9.76. The number of furan rings is 1. The van der Waals surface area contributed by atoms with Gasteiger partial charge >= 0.3 is 0 Å². The molecule has 0 aliphatic carbocycles. The Balaban J connectivity index is 0.00000320. The minimum absolute atomic E-state index is 0. The number of aliphatic imine (C=N–C) groups is 1. The van der Waals surface area contributed by atoms with Crippen molar-refractivity contribution >= 4 is 35.8 Å². The highest BCUT2D eigenvalue weighted by atomic mass is 127. The average Bonchev–Trinajstić information content (AvgIpc) is 3.33. The van der Waals surface area contributed by atoms with Crippen molar-refractivity contribution in [2.75, 3.05) is 39.8 Å². The highest BCUT2D eigenvalue weighted by Gasteiger charge is 2.30. The van der Waals surface area contributed by atoms with Crippen molar-refractivity contribution < 1.29 is 9.21 Å². The molecule has 3 rings (SSSR count). The molecular weight excluding hydrogens is 491 g/mol. The summed E-state index contributed by atoms with van der Waals surface area (Å²) in [6.07, 6.45) is 3.65. The maximum absolute atomic E-state index is 12.5. The second kappa shape index (κ2) is 11.4. The number of carbonyl (C=O) groups excluding carboxylic acids is 1. The molecule has 1 saturated heterocycles. The van der Waals surface area contributed by atoms with E-state index in [1.165, 1.54) is 11.8 Å². The maximum Gasteiger partial charge on any atom is 0.289 e. The number of piperazine rings is 1. The summed E-state index contributed by atoms with van der Waals surface area (Å²) in [5, 5.41) is 3.61. The normalized spacial score (nSPS) is 15.0. The van der Waals surface area contributed by atoms with Crippen LogP contribution in [-0.4, -0.2) is 61.4 Å². The highest BCUT2D eigenvalue weighted by molar-refractivity contribution is 14.0. The number of halogens is 1. The molecular formula is C23H33IN4O2. The zero-order valence-corrected chi connectivity index (χ0v) is 20.5. The molecule has 1 aromatic carbocycles. The average molecular weight is 524 g/mol. The number of benzene rings is 1. The van der Waals surface area contributed by atoms with E-state index >= 15 is 0 Å². The number of guanidine groups is 1. The summed E-state index contributed by atoms with van der Waals surface area (Å²) in [5.41, 5.74) is 1.44. The number of rotatable bonds is 6. The van der Waals surface area contributed by atoms with E-state index < -0.39 is 0 Å². The van der Waals surface area contributed by atoms with Gasteiger partial charge in [0.1, 0.15) is 0 Å². The third-order valence-corrected chi connectivity index (χ3v) is 6.13. The van der Waals surface area contributed by atoms with Crippen molar-refractivity contribution in [2.45, 2.75) is 32.1 Å². The summed E-state index contributed by atoms with van der Waals surface area (Å²) in [6, 6.07) is 14.2. The first-order valence-corrected chi connectivity index (χ1v) is 10.5. The molecule has 0 atom stereocenters. The number of nitrogens with zero attached hydrogens (tertiary/aromatic N) is 3. The van der Waals surface area contributed by atoms with Crippen LogP contribution in [0.1, 0.15) is 42.8 Å². The van der Waals surface area contributed by atoms with Gasteiger partial charge in [0.25, 0.3) is 5.91 Å². The van der Waals surface area contributed by atoms with Gasteiger partial charge in [0.05, 0.1) is 6.26 Å². The van der Waals surface area contributed by atoms with E-state index in [1.54, 1.807) is 12.1 Å². The van der Waals surface area contributed by atoms with Crippen LogP contribution in [0.5, 0.6) is 0 Å². The minimum atomic E-state index is -0.0438. The number of hydrogen-bond acceptors (Lipinski definition) is 3. The zero-order chi connectivity index (χ0) is 20.7. The van der Waals surface area contributed by atoms with E-state index in [2.05, 4.69) is 59.4 Å². The number of nitrogens with one attached hydrogen (secondary N) is 1. The quantitative estimate of drug-likeness (QED) is 0.353. The summed E-state index contributed by atoms with van der Waals surface area (Å²) in [5.74, 6) is 1.26. The van der Waals surface area contributed by atoms with Crippen molar-refractivity contribution in [1.82, 2.24) is 15.1 Å². The van der Waals surface area contributed by atoms with E-state index in [0.717, 1.165) is 38.4 Å². The van der Waals surface area contributed by atoms with E-state index in [1.807, 2.05) is 11.9 Å². The SMILES string of the molecule is CCC(CC)(CNC(=NC)N1CCN(C(=O)c2ccco2)CC1)c1ccccc1.I. The molecule has 1 N–H and O–H groups in total. The van der Waals surface area contributed by atoms with Crippen LogP contribution in [0.4, 0.5) is 0 Å². The highest BCUT2D eigenvalue weighted by Crippen LogP contribution is 2.31. The van der Waals surface area contributed by atoms with Crippen molar-refractivity contribution in [2.24, 2.45) is 4.99 Å². The molecule has 1 amide bonds. The second-order valence-electron chi connectivity index (χ2n) is 7.51. The van der Waals surface area contributed by atoms with Crippen LogP contribution in [0.15, 0.2) is 58.1 Å². The zero-order valence-electron chi connectivity index (χ0n) is 18.1. The lowest BCUT2D eigenvalue weighted by Crippen LogP contribution is -2.55. The second-order valence-corrected chi connectivity index (χ2v) is 7.51. The van der Waals surface area contributed by atoms with Crippen LogP contribution in [-0.2, 0) is 5.41 Å². The lowest BCUT2D eigenvalue weighted by Gasteiger charge is -2.38. The van der Waals surface area contributed by atoms with Gasteiger partial charge in [-0.15, -0.1) is 24.0 Å². The smallest absolute Gasteiger partial charge is 0.289 e. The van der Waals surface area contributed by atoms with Crippen molar-refractivity contribution in [3.05, 3.63) is 60.1 Å². The number of hydrogen-bond donors (Lipinski definition) is 1. The summed E-state index contributed by atoms with van der Waals surface area (Å²) < 4.78 is 5.25. The Morgan fingerprint density at radius 2 is 1.67 bits per heavy atom. The topological polar surface area (TPSA) is 61.1 Å². The van der Waals surface area contributed by atoms with Crippen molar-refractivity contribution in [1.29, 1.82) is 0 Å². The van der Waals surface area contributed by atoms with Crippen LogP contribution >= 0.6 is 24.0 Å². The molecule has 1 aliphatic heterocycles. The molecule has 2 heterocycles. The molecule has 1 fully saturated rings. The molecule has 1 aromatic heterocycles. The first kappa shape index (κ1) is 24.2. The third-order valence-electron chi connectivity index (χ3n) is 6.13. The van der Waals surface area contributed by atoms with Gasteiger partial charge in [0, 0.05) is 45.2 Å². The van der Waals surface area contributed by atoms with Crippen LogP contribution in [0.3, 0.4) is 0 Å². The maximum atomic E-state index is 12.5. The van der Waals surface area contributed by atoms with E-state index in [0.29, 0.717) is 18.8 Å². The van der Waals surface area contributed by atoms with Gasteiger partial charge in [0.15, 0.2) is 11.7 Å². The van der Waals surface area contributed by atoms with Gasteiger partial charge in [-0.1, -0.05) is 44.2 Å².